The topological polar surface area (TPSA) is 75.7 Å². The number of hydrogen-bond donors (Lipinski definition) is 1. The van der Waals surface area contributed by atoms with Gasteiger partial charge in [-0.2, -0.15) is 0 Å². The van der Waals surface area contributed by atoms with Gasteiger partial charge < -0.3 is 15.0 Å². The molecule has 1 aromatic rings. The summed E-state index contributed by atoms with van der Waals surface area (Å²) in [5.41, 5.74) is 1.89. The highest BCUT2D eigenvalue weighted by Crippen LogP contribution is 2.29. The molecule has 0 bridgehead atoms. The van der Waals surface area contributed by atoms with Crippen molar-refractivity contribution in [3.63, 3.8) is 0 Å². The van der Waals surface area contributed by atoms with Gasteiger partial charge in [-0.05, 0) is 25.0 Å². The van der Waals surface area contributed by atoms with Crippen LogP contribution in [-0.4, -0.2) is 37.0 Å². The SMILES string of the molecule is C=CCNC(=O)[C@H](C)OC(=O)[C@H]1CC(=O)N(c2ccccc2CC)C1. The minimum atomic E-state index is -0.903. The molecule has 1 fully saturated rings. The average molecular weight is 344 g/mol. The van der Waals surface area contributed by atoms with Crippen LogP contribution in [-0.2, 0) is 25.5 Å². The van der Waals surface area contributed by atoms with Crippen LogP contribution in [0.2, 0.25) is 0 Å². The standard InChI is InChI=1S/C19H24N2O4/c1-4-10-20-18(23)13(3)25-19(24)15-11-17(22)21(12-15)16-9-7-6-8-14(16)5-2/h4,6-9,13,15H,1,5,10-12H2,2-3H3,(H,20,23)/t13-,15-/m0/s1. The molecule has 6 nitrogen and oxygen atoms in total. The molecule has 0 spiro atoms. The lowest BCUT2D eigenvalue weighted by Gasteiger charge is -2.20. The van der Waals surface area contributed by atoms with Gasteiger partial charge in [0.15, 0.2) is 6.10 Å². The number of anilines is 1. The Kier molecular flexibility index (Phi) is 6.33. The lowest BCUT2D eigenvalue weighted by molar-refractivity contribution is -0.158. The van der Waals surface area contributed by atoms with Crippen molar-refractivity contribution in [3.05, 3.63) is 42.5 Å². The van der Waals surface area contributed by atoms with Gasteiger partial charge in [0.25, 0.3) is 5.91 Å². The normalized spacial score (nSPS) is 17.9. The van der Waals surface area contributed by atoms with E-state index >= 15 is 0 Å². The largest absolute Gasteiger partial charge is 0.452 e. The van der Waals surface area contributed by atoms with Crippen LogP contribution in [0.4, 0.5) is 5.69 Å². The van der Waals surface area contributed by atoms with Crippen molar-refractivity contribution < 1.29 is 19.1 Å². The molecule has 2 atom stereocenters. The Hall–Kier alpha value is -2.63. The van der Waals surface area contributed by atoms with Crippen molar-refractivity contribution in [2.75, 3.05) is 18.0 Å². The fourth-order valence-corrected chi connectivity index (χ4v) is 2.81. The van der Waals surface area contributed by atoms with Gasteiger partial charge in [0.2, 0.25) is 5.91 Å². The van der Waals surface area contributed by atoms with Crippen LogP contribution in [0.5, 0.6) is 0 Å². The Morgan fingerprint density at radius 3 is 2.84 bits per heavy atom. The Labute approximate surface area is 147 Å². The predicted octanol–water partition coefficient (Wildman–Crippen LogP) is 1.84. The Morgan fingerprint density at radius 2 is 2.16 bits per heavy atom. The lowest BCUT2D eigenvalue weighted by atomic mass is 10.1. The molecule has 2 amide bonds. The number of amides is 2. The van der Waals surface area contributed by atoms with Crippen LogP contribution < -0.4 is 10.2 Å². The zero-order valence-electron chi connectivity index (χ0n) is 14.7. The molecule has 0 saturated carbocycles. The molecule has 0 radical (unpaired) electrons. The van der Waals surface area contributed by atoms with Crippen molar-refractivity contribution in [3.8, 4) is 0 Å². The van der Waals surface area contributed by atoms with Gasteiger partial charge in [-0.1, -0.05) is 31.2 Å². The van der Waals surface area contributed by atoms with Crippen LogP contribution in [0.3, 0.4) is 0 Å². The number of aryl methyl sites for hydroxylation is 1. The Bertz CT molecular complexity index is 671. The van der Waals surface area contributed by atoms with Gasteiger partial charge in [-0.25, -0.2) is 0 Å². The van der Waals surface area contributed by atoms with Crippen LogP contribution in [0.25, 0.3) is 0 Å². The number of nitrogens with one attached hydrogen (secondary N) is 1. The molecule has 25 heavy (non-hydrogen) atoms. The molecule has 6 heteroatoms. The molecule has 134 valence electrons. The lowest BCUT2D eigenvalue weighted by Crippen LogP contribution is -2.37. The van der Waals surface area contributed by atoms with Crippen molar-refractivity contribution in [2.24, 2.45) is 5.92 Å². The zero-order chi connectivity index (χ0) is 18.4. The van der Waals surface area contributed by atoms with Gasteiger partial charge in [0, 0.05) is 25.2 Å². The van der Waals surface area contributed by atoms with Crippen LogP contribution in [0.1, 0.15) is 25.8 Å². The molecule has 1 aliphatic rings. The summed E-state index contributed by atoms with van der Waals surface area (Å²) in [6.45, 7) is 7.63. The number of carbonyl (C=O) groups excluding carboxylic acids is 3. The van der Waals surface area contributed by atoms with E-state index in [0.29, 0.717) is 6.54 Å². The molecule has 1 aromatic carbocycles. The van der Waals surface area contributed by atoms with Crippen LogP contribution in [0.15, 0.2) is 36.9 Å². The van der Waals surface area contributed by atoms with E-state index in [4.69, 9.17) is 4.74 Å². The van der Waals surface area contributed by atoms with Gasteiger partial charge >= 0.3 is 5.97 Å². The highest BCUT2D eigenvalue weighted by atomic mass is 16.5. The number of benzene rings is 1. The van der Waals surface area contributed by atoms with Crippen LogP contribution in [0, 0.1) is 5.92 Å². The molecule has 0 aromatic heterocycles. The maximum absolute atomic E-state index is 12.3. The van der Waals surface area contributed by atoms with E-state index in [9.17, 15) is 14.4 Å². The van der Waals surface area contributed by atoms with E-state index < -0.39 is 18.0 Å². The summed E-state index contributed by atoms with van der Waals surface area (Å²) in [6.07, 6.45) is 1.54. The predicted molar refractivity (Wildman–Crippen MR) is 95.0 cm³/mol. The summed E-state index contributed by atoms with van der Waals surface area (Å²) in [6, 6.07) is 7.66. The third-order valence-corrected chi connectivity index (χ3v) is 4.20. The second-order valence-electron chi connectivity index (χ2n) is 6.00. The zero-order valence-corrected chi connectivity index (χ0v) is 14.7. The summed E-state index contributed by atoms with van der Waals surface area (Å²) in [5, 5.41) is 2.57. The average Bonchev–Trinajstić information content (AvgIpc) is 3.01. The third-order valence-electron chi connectivity index (χ3n) is 4.20. The third kappa shape index (κ3) is 4.47. The summed E-state index contributed by atoms with van der Waals surface area (Å²) < 4.78 is 5.22. The fourth-order valence-electron chi connectivity index (χ4n) is 2.81. The molecule has 2 rings (SSSR count). The van der Waals surface area contributed by atoms with E-state index in [2.05, 4.69) is 11.9 Å². The monoisotopic (exact) mass is 344 g/mol. The molecule has 1 saturated heterocycles. The van der Waals surface area contributed by atoms with Crippen molar-refractivity contribution in [2.45, 2.75) is 32.8 Å². The smallest absolute Gasteiger partial charge is 0.312 e. The van der Waals surface area contributed by atoms with Gasteiger partial charge in [-0.15, -0.1) is 6.58 Å². The van der Waals surface area contributed by atoms with Gasteiger partial charge in [0.05, 0.1) is 5.92 Å². The maximum atomic E-state index is 12.3. The number of para-hydroxylation sites is 1. The molecule has 1 N–H and O–H groups in total. The summed E-state index contributed by atoms with van der Waals surface area (Å²) >= 11 is 0. The summed E-state index contributed by atoms with van der Waals surface area (Å²) in [5.74, 6) is -1.57. The van der Waals surface area contributed by atoms with Crippen molar-refractivity contribution in [1.29, 1.82) is 0 Å². The van der Waals surface area contributed by atoms with Crippen molar-refractivity contribution >= 4 is 23.5 Å². The number of carbonyl (C=O) groups is 3. The first kappa shape index (κ1) is 18.7. The first-order valence-corrected chi connectivity index (χ1v) is 8.45. The minimum Gasteiger partial charge on any atom is -0.452 e. The van der Waals surface area contributed by atoms with E-state index in [1.807, 2.05) is 31.2 Å². The number of esters is 1. The highest BCUT2D eigenvalue weighted by molar-refractivity contribution is 6.00. The quantitative estimate of drug-likeness (QED) is 0.605. The number of rotatable bonds is 7. The number of ether oxygens (including phenoxy) is 1. The summed E-state index contributed by atoms with van der Waals surface area (Å²) in [7, 11) is 0. The summed E-state index contributed by atoms with van der Waals surface area (Å²) in [4.78, 5) is 38.1. The Balaban J connectivity index is 2.00. The molecule has 0 aliphatic carbocycles. The molecule has 1 heterocycles. The van der Waals surface area contributed by atoms with Gasteiger partial charge in [0.1, 0.15) is 0 Å². The Morgan fingerprint density at radius 1 is 1.44 bits per heavy atom. The maximum Gasteiger partial charge on any atom is 0.312 e. The molecular formula is C19H24N2O4. The van der Waals surface area contributed by atoms with E-state index in [-0.39, 0.29) is 24.8 Å². The minimum absolute atomic E-state index is 0.0951. The number of nitrogens with zero attached hydrogens (tertiary/aromatic N) is 1. The van der Waals surface area contributed by atoms with Gasteiger partial charge in [-0.3, -0.25) is 14.4 Å². The second kappa shape index (κ2) is 8.46. The molecule has 0 unspecified atom stereocenters. The van der Waals surface area contributed by atoms with E-state index in [1.165, 1.54) is 6.92 Å². The fraction of sp³-hybridized carbons (Fsp3) is 0.421. The first-order chi connectivity index (χ1) is 12.0. The molecular weight excluding hydrogens is 320 g/mol. The van der Waals surface area contributed by atoms with E-state index in [0.717, 1.165) is 17.7 Å². The van der Waals surface area contributed by atoms with Crippen LogP contribution >= 0.6 is 0 Å². The van der Waals surface area contributed by atoms with Crippen molar-refractivity contribution in [1.82, 2.24) is 5.32 Å². The van der Waals surface area contributed by atoms with E-state index in [1.54, 1.807) is 11.0 Å². The second-order valence-corrected chi connectivity index (χ2v) is 6.00. The number of hydrogen-bond acceptors (Lipinski definition) is 4. The first-order valence-electron chi connectivity index (χ1n) is 8.45. The highest BCUT2D eigenvalue weighted by Gasteiger charge is 2.37. The molecule has 1 aliphatic heterocycles.